The third-order valence-corrected chi connectivity index (χ3v) is 4.94. The Kier molecular flexibility index (Phi) is 7.25. The van der Waals surface area contributed by atoms with Crippen molar-refractivity contribution in [1.82, 2.24) is 10.3 Å². The molecule has 7 heteroatoms. The second-order valence-electron chi connectivity index (χ2n) is 6.90. The number of halogens is 1. The van der Waals surface area contributed by atoms with E-state index in [0.29, 0.717) is 25.3 Å². The second-order valence-corrected chi connectivity index (χ2v) is 6.90. The SMILES string of the molecule is CCOc1cc(CN(c2cc(C#N)ccn2)C2CCNCC2)cc(OCC)c1F. The first-order chi connectivity index (χ1) is 14.2. The van der Waals surface area contributed by atoms with Crippen LogP contribution in [0.4, 0.5) is 10.2 Å². The first kappa shape index (κ1) is 20.9. The van der Waals surface area contributed by atoms with E-state index < -0.39 is 5.82 Å². The number of hydrogen-bond donors (Lipinski definition) is 1. The first-order valence-corrected chi connectivity index (χ1v) is 10.1. The van der Waals surface area contributed by atoms with Crippen LogP contribution in [0.5, 0.6) is 11.5 Å². The maximum Gasteiger partial charge on any atom is 0.206 e. The number of hydrogen-bond acceptors (Lipinski definition) is 6. The number of nitriles is 1. The summed E-state index contributed by atoms with van der Waals surface area (Å²) in [6, 6.07) is 9.40. The molecule has 0 bridgehead atoms. The summed E-state index contributed by atoms with van der Waals surface area (Å²) < 4.78 is 25.6. The van der Waals surface area contributed by atoms with Gasteiger partial charge >= 0.3 is 0 Å². The van der Waals surface area contributed by atoms with Crippen molar-refractivity contribution >= 4 is 5.82 Å². The van der Waals surface area contributed by atoms with Crippen LogP contribution in [0.15, 0.2) is 30.5 Å². The van der Waals surface area contributed by atoms with Crippen molar-refractivity contribution in [3.05, 3.63) is 47.4 Å². The molecule has 1 aromatic heterocycles. The van der Waals surface area contributed by atoms with Gasteiger partial charge in [0.25, 0.3) is 0 Å². The minimum absolute atomic E-state index is 0.192. The maximum atomic E-state index is 14.6. The molecule has 0 atom stereocenters. The van der Waals surface area contributed by atoms with Crippen LogP contribution in [0, 0.1) is 17.1 Å². The fraction of sp³-hybridized carbons (Fsp3) is 0.455. The molecule has 1 aliphatic rings. The van der Waals surface area contributed by atoms with Gasteiger partial charge in [-0.3, -0.25) is 0 Å². The molecule has 1 aromatic carbocycles. The number of aromatic nitrogens is 1. The van der Waals surface area contributed by atoms with Gasteiger partial charge in [0, 0.05) is 18.8 Å². The summed E-state index contributed by atoms with van der Waals surface area (Å²) in [4.78, 5) is 6.71. The van der Waals surface area contributed by atoms with Crippen molar-refractivity contribution < 1.29 is 13.9 Å². The highest BCUT2D eigenvalue weighted by Crippen LogP contribution is 2.31. The summed E-state index contributed by atoms with van der Waals surface area (Å²) in [5, 5.41) is 12.7. The Balaban J connectivity index is 1.97. The van der Waals surface area contributed by atoms with Crippen LogP contribution in [0.1, 0.15) is 37.8 Å². The Hall–Kier alpha value is -2.85. The van der Waals surface area contributed by atoms with Gasteiger partial charge < -0.3 is 19.7 Å². The van der Waals surface area contributed by atoms with Crippen molar-refractivity contribution in [2.75, 3.05) is 31.2 Å². The molecule has 3 rings (SSSR count). The Morgan fingerprint density at radius 2 is 1.83 bits per heavy atom. The standard InChI is InChI=1S/C22H27FN4O2/c1-3-28-19-11-17(12-20(22(19)23)29-4-2)15-27(18-6-8-25-9-7-18)21-13-16(14-24)5-10-26-21/h5,10-13,18,25H,3-4,6-9,15H2,1-2H3. The molecular weight excluding hydrogens is 371 g/mol. The predicted molar refractivity (Wildman–Crippen MR) is 110 cm³/mol. The van der Waals surface area contributed by atoms with E-state index in [9.17, 15) is 9.65 Å². The third kappa shape index (κ3) is 5.15. The van der Waals surface area contributed by atoms with Crippen LogP contribution in [-0.4, -0.2) is 37.3 Å². The van der Waals surface area contributed by atoms with Gasteiger partial charge in [-0.05, 0) is 69.6 Å². The number of rotatable bonds is 8. The maximum absolute atomic E-state index is 14.6. The fourth-order valence-corrected chi connectivity index (χ4v) is 3.60. The zero-order valence-electron chi connectivity index (χ0n) is 16.9. The average Bonchev–Trinajstić information content (AvgIpc) is 2.76. The van der Waals surface area contributed by atoms with E-state index in [4.69, 9.17) is 9.47 Å². The molecule has 0 radical (unpaired) electrons. The highest BCUT2D eigenvalue weighted by molar-refractivity contribution is 5.48. The van der Waals surface area contributed by atoms with E-state index in [1.807, 2.05) is 13.8 Å². The fourth-order valence-electron chi connectivity index (χ4n) is 3.60. The lowest BCUT2D eigenvalue weighted by molar-refractivity contribution is 0.291. The van der Waals surface area contributed by atoms with Gasteiger partial charge in [-0.1, -0.05) is 0 Å². The molecule has 154 valence electrons. The number of nitrogens with one attached hydrogen (secondary N) is 1. The van der Waals surface area contributed by atoms with E-state index in [1.54, 1.807) is 30.5 Å². The highest BCUT2D eigenvalue weighted by Gasteiger charge is 2.24. The molecule has 0 spiro atoms. The molecule has 0 unspecified atom stereocenters. The monoisotopic (exact) mass is 398 g/mol. The quantitative estimate of drug-likeness (QED) is 0.732. The summed E-state index contributed by atoms with van der Waals surface area (Å²) >= 11 is 0. The van der Waals surface area contributed by atoms with Crippen LogP contribution >= 0.6 is 0 Å². The number of piperidine rings is 1. The topological polar surface area (TPSA) is 70.4 Å². The normalized spacial score (nSPS) is 14.3. The van der Waals surface area contributed by atoms with Gasteiger partial charge in [0.15, 0.2) is 11.5 Å². The lowest BCUT2D eigenvalue weighted by Crippen LogP contribution is -2.43. The van der Waals surface area contributed by atoms with Crippen LogP contribution < -0.4 is 19.7 Å². The minimum Gasteiger partial charge on any atom is -0.491 e. The minimum atomic E-state index is -0.476. The molecule has 2 aromatic rings. The molecule has 1 N–H and O–H groups in total. The molecule has 1 saturated heterocycles. The van der Waals surface area contributed by atoms with Crippen molar-refractivity contribution in [3.63, 3.8) is 0 Å². The van der Waals surface area contributed by atoms with Gasteiger partial charge in [0.1, 0.15) is 5.82 Å². The molecule has 0 aliphatic carbocycles. The van der Waals surface area contributed by atoms with Crippen molar-refractivity contribution in [3.8, 4) is 17.6 Å². The Morgan fingerprint density at radius 1 is 1.17 bits per heavy atom. The van der Waals surface area contributed by atoms with Gasteiger partial charge in [-0.15, -0.1) is 0 Å². The number of anilines is 1. The Bertz CT molecular complexity index is 835. The molecule has 1 aliphatic heterocycles. The number of ether oxygens (including phenoxy) is 2. The summed E-state index contributed by atoms with van der Waals surface area (Å²) in [5.74, 6) is 0.654. The smallest absolute Gasteiger partial charge is 0.206 e. The van der Waals surface area contributed by atoms with Crippen LogP contribution in [-0.2, 0) is 6.54 Å². The van der Waals surface area contributed by atoms with E-state index in [-0.39, 0.29) is 17.5 Å². The van der Waals surface area contributed by atoms with Gasteiger partial charge in [-0.25, -0.2) is 4.98 Å². The van der Waals surface area contributed by atoms with Gasteiger partial charge in [0.2, 0.25) is 5.82 Å². The number of benzene rings is 1. The van der Waals surface area contributed by atoms with Gasteiger partial charge in [-0.2, -0.15) is 9.65 Å². The van der Waals surface area contributed by atoms with Crippen LogP contribution in [0.3, 0.4) is 0 Å². The number of nitrogens with zero attached hydrogens (tertiary/aromatic N) is 3. The number of pyridine rings is 1. The molecule has 0 amide bonds. The predicted octanol–water partition coefficient (Wildman–Crippen LogP) is 3.65. The highest BCUT2D eigenvalue weighted by atomic mass is 19.1. The molecule has 6 nitrogen and oxygen atoms in total. The van der Waals surface area contributed by atoms with E-state index in [1.165, 1.54) is 0 Å². The van der Waals surface area contributed by atoms with Crippen molar-refractivity contribution in [2.24, 2.45) is 0 Å². The van der Waals surface area contributed by atoms with Crippen LogP contribution in [0.2, 0.25) is 0 Å². The molecule has 0 saturated carbocycles. The Morgan fingerprint density at radius 3 is 2.41 bits per heavy atom. The first-order valence-electron chi connectivity index (χ1n) is 10.1. The molecular formula is C22H27FN4O2. The van der Waals surface area contributed by atoms with Crippen molar-refractivity contribution in [1.29, 1.82) is 5.26 Å². The van der Waals surface area contributed by atoms with E-state index in [0.717, 1.165) is 37.3 Å². The summed E-state index contributed by atoms with van der Waals surface area (Å²) in [5.41, 5.74) is 1.44. The Labute approximate surface area is 171 Å². The van der Waals surface area contributed by atoms with Gasteiger partial charge in [0.05, 0.1) is 24.8 Å². The lowest BCUT2D eigenvalue weighted by atomic mass is 10.0. The zero-order valence-corrected chi connectivity index (χ0v) is 16.9. The van der Waals surface area contributed by atoms with E-state index in [2.05, 4.69) is 21.3 Å². The summed E-state index contributed by atoms with van der Waals surface area (Å²) in [6.07, 6.45) is 3.59. The molecule has 2 heterocycles. The zero-order chi connectivity index (χ0) is 20.6. The second kappa shape index (κ2) is 10.1. The van der Waals surface area contributed by atoms with Crippen molar-refractivity contribution in [2.45, 2.75) is 39.3 Å². The molecule has 1 fully saturated rings. The van der Waals surface area contributed by atoms with E-state index >= 15 is 0 Å². The lowest BCUT2D eigenvalue weighted by Gasteiger charge is -2.36. The summed E-state index contributed by atoms with van der Waals surface area (Å²) in [6.45, 7) is 6.77. The largest absolute Gasteiger partial charge is 0.491 e. The summed E-state index contributed by atoms with van der Waals surface area (Å²) in [7, 11) is 0. The third-order valence-electron chi connectivity index (χ3n) is 4.94. The molecule has 29 heavy (non-hydrogen) atoms. The van der Waals surface area contributed by atoms with Crippen LogP contribution in [0.25, 0.3) is 0 Å². The average molecular weight is 398 g/mol.